The Bertz CT molecular complexity index is 363. The van der Waals surface area contributed by atoms with Crippen molar-refractivity contribution in [3.05, 3.63) is 35.9 Å². The maximum absolute atomic E-state index is 3.64. The predicted molar refractivity (Wildman–Crippen MR) is 87.1 cm³/mol. The summed E-state index contributed by atoms with van der Waals surface area (Å²) in [6.07, 6.45) is 6.61. The molecule has 2 nitrogen and oxygen atoms in total. The zero-order valence-electron chi connectivity index (χ0n) is 13.1. The average Bonchev–Trinajstić information content (AvgIpc) is 2.47. The van der Waals surface area contributed by atoms with Gasteiger partial charge in [0, 0.05) is 25.2 Å². The molecule has 2 atom stereocenters. The summed E-state index contributed by atoms with van der Waals surface area (Å²) in [4.78, 5) is 2.71. The first-order chi connectivity index (χ1) is 9.79. The molecule has 20 heavy (non-hydrogen) atoms. The van der Waals surface area contributed by atoms with E-state index < -0.39 is 0 Å². The van der Waals surface area contributed by atoms with E-state index in [4.69, 9.17) is 0 Å². The van der Waals surface area contributed by atoms with Gasteiger partial charge in [0.2, 0.25) is 0 Å². The molecule has 0 aromatic heterocycles. The number of unbranched alkanes of at least 4 members (excludes halogenated alkanes) is 3. The molecule has 0 saturated carbocycles. The van der Waals surface area contributed by atoms with Crippen LogP contribution in [0, 0.1) is 0 Å². The third-order valence-electron chi connectivity index (χ3n) is 4.34. The molecule has 2 rings (SSSR count). The van der Waals surface area contributed by atoms with Crippen LogP contribution in [0.15, 0.2) is 30.3 Å². The van der Waals surface area contributed by atoms with Crippen LogP contribution in [0.3, 0.4) is 0 Å². The van der Waals surface area contributed by atoms with Gasteiger partial charge in [0.25, 0.3) is 0 Å². The number of benzene rings is 1. The summed E-state index contributed by atoms with van der Waals surface area (Å²) in [5.74, 6) is 0. The highest BCUT2D eigenvalue weighted by Crippen LogP contribution is 2.14. The van der Waals surface area contributed by atoms with E-state index in [1.165, 1.54) is 50.8 Å². The molecule has 1 aromatic carbocycles. The molecule has 1 heterocycles. The topological polar surface area (TPSA) is 15.3 Å². The van der Waals surface area contributed by atoms with Crippen LogP contribution in [-0.2, 0) is 6.42 Å². The fraction of sp³-hybridized carbons (Fsp3) is 0.667. The number of rotatable bonds is 7. The first-order valence-electron chi connectivity index (χ1n) is 8.31. The van der Waals surface area contributed by atoms with Crippen LogP contribution >= 0.6 is 0 Å². The third kappa shape index (κ3) is 4.92. The lowest BCUT2D eigenvalue weighted by molar-refractivity contribution is 0.132. The quantitative estimate of drug-likeness (QED) is 0.766. The Labute approximate surface area is 124 Å². The fourth-order valence-electron chi connectivity index (χ4n) is 3.13. The summed E-state index contributed by atoms with van der Waals surface area (Å²) < 4.78 is 0. The minimum absolute atomic E-state index is 0.633. The molecule has 1 aliphatic heterocycles. The lowest BCUT2D eigenvalue weighted by Gasteiger charge is -2.39. The molecule has 0 bridgehead atoms. The van der Waals surface area contributed by atoms with E-state index in [2.05, 4.69) is 54.4 Å². The minimum atomic E-state index is 0.633. The van der Waals surface area contributed by atoms with Crippen molar-refractivity contribution in [1.29, 1.82) is 0 Å². The van der Waals surface area contributed by atoms with Crippen molar-refractivity contribution in [3.8, 4) is 0 Å². The minimum Gasteiger partial charge on any atom is -0.311 e. The number of nitrogens with one attached hydrogen (secondary N) is 1. The highest BCUT2D eigenvalue weighted by Gasteiger charge is 2.25. The largest absolute Gasteiger partial charge is 0.311 e. The lowest BCUT2D eigenvalue weighted by atomic mass is 10.0. The van der Waals surface area contributed by atoms with E-state index in [0.29, 0.717) is 12.1 Å². The van der Waals surface area contributed by atoms with Crippen LogP contribution in [0.2, 0.25) is 0 Å². The molecule has 1 aromatic rings. The SMILES string of the molecule is CCCCCCN1CC(C)NCC1Cc1ccccc1. The van der Waals surface area contributed by atoms with Crippen LogP contribution in [0.5, 0.6) is 0 Å². The van der Waals surface area contributed by atoms with Gasteiger partial charge in [-0.15, -0.1) is 0 Å². The third-order valence-corrected chi connectivity index (χ3v) is 4.34. The Kier molecular flexibility index (Phi) is 6.55. The van der Waals surface area contributed by atoms with E-state index in [0.717, 1.165) is 6.54 Å². The molecule has 0 aliphatic carbocycles. The first-order valence-corrected chi connectivity index (χ1v) is 8.31. The van der Waals surface area contributed by atoms with Gasteiger partial charge in [-0.05, 0) is 31.9 Å². The molecule has 112 valence electrons. The monoisotopic (exact) mass is 274 g/mol. The summed E-state index contributed by atoms with van der Waals surface area (Å²) in [5.41, 5.74) is 1.47. The number of piperazine rings is 1. The molecular weight excluding hydrogens is 244 g/mol. The van der Waals surface area contributed by atoms with Gasteiger partial charge in [-0.1, -0.05) is 56.5 Å². The summed E-state index contributed by atoms with van der Waals surface area (Å²) in [5, 5.41) is 3.64. The highest BCUT2D eigenvalue weighted by molar-refractivity contribution is 5.16. The smallest absolute Gasteiger partial charge is 0.0261 e. The second kappa shape index (κ2) is 8.43. The molecule has 2 heteroatoms. The Balaban J connectivity index is 1.86. The first kappa shape index (κ1) is 15.5. The second-order valence-corrected chi connectivity index (χ2v) is 6.21. The molecule has 0 spiro atoms. The maximum Gasteiger partial charge on any atom is 0.0261 e. The van der Waals surface area contributed by atoms with Crippen LogP contribution < -0.4 is 5.32 Å². The molecule has 1 saturated heterocycles. The summed E-state index contributed by atoms with van der Waals surface area (Å²) in [6.45, 7) is 8.18. The van der Waals surface area contributed by atoms with Gasteiger partial charge in [0.1, 0.15) is 0 Å². The maximum atomic E-state index is 3.64. The van der Waals surface area contributed by atoms with Crippen LogP contribution in [0.25, 0.3) is 0 Å². The average molecular weight is 274 g/mol. The van der Waals surface area contributed by atoms with Crippen LogP contribution in [0.1, 0.15) is 45.1 Å². The van der Waals surface area contributed by atoms with E-state index in [1.54, 1.807) is 0 Å². The van der Waals surface area contributed by atoms with Crippen molar-refractivity contribution in [2.75, 3.05) is 19.6 Å². The summed E-state index contributed by atoms with van der Waals surface area (Å²) in [7, 11) is 0. The van der Waals surface area contributed by atoms with Gasteiger partial charge in [-0.3, -0.25) is 4.90 Å². The van der Waals surface area contributed by atoms with Crippen molar-refractivity contribution in [1.82, 2.24) is 10.2 Å². The van der Waals surface area contributed by atoms with E-state index in [1.807, 2.05) is 0 Å². The van der Waals surface area contributed by atoms with Crippen LogP contribution in [0.4, 0.5) is 0 Å². The zero-order valence-corrected chi connectivity index (χ0v) is 13.1. The van der Waals surface area contributed by atoms with Gasteiger partial charge in [0.05, 0.1) is 0 Å². The van der Waals surface area contributed by atoms with Gasteiger partial charge in [-0.2, -0.15) is 0 Å². The number of nitrogens with zero attached hydrogens (tertiary/aromatic N) is 1. The summed E-state index contributed by atoms with van der Waals surface area (Å²) in [6, 6.07) is 12.2. The standard InChI is InChI=1S/C18H30N2/c1-3-4-5-9-12-20-15-16(2)19-14-18(20)13-17-10-7-6-8-11-17/h6-8,10-11,16,18-19H,3-5,9,12-15H2,1-2H3. The van der Waals surface area contributed by atoms with Gasteiger partial charge in [0.15, 0.2) is 0 Å². The number of hydrogen-bond acceptors (Lipinski definition) is 2. The van der Waals surface area contributed by atoms with E-state index in [9.17, 15) is 0 Å². The molecule has 0 amide bonds. The van der Waals surface area contributed by atoms with Crippen molar-refractivity contribution < 1.29 is 0 Å². The molecule has 1 fully saturated rings. The lowest BCUT2D eigenvalue weighted by Crippen LogP contribution is -2.56. The van der Waals surface area contributed by atoms with Gasteiger partial charge in [-0.25, -0.2) is 0 Å². The Morgan fingerprint density at radius 2 is 1.95 bits per heavy atom. The van der Waals surface area contributed by atoms with E-state index >= 15 is 0 Å². The van der Waals surface area contributed by atoms with Crippen molar-refractivity contribution in [2.45, 2.75) is 58.0 Å². The Hall–Kier alpha value is -0.860. The normalized spacial score (nSPS) is 23.9. The predicted octanol–water partition coefficient (Wildman–Crippen LogP) is 3.47. The van der Waals surface area contributed by atoms with Crippen molar-refractivity contribution in [2.24, 2.45) is 0 Å². The molecule has 1 aliphatic rings. The van der Waals surface area contributed by atoms with Gasteiger partial charge < -0.3 is 5.32 Å². The van der Waals surface area contributed by atoms with Crippen molar-refractivity contribution >= 4 is 0 Å². The Morgan fingerprint density at radius 1 is 1.15 bits per heavy atom. The zero-order chi connectivity index (χ0) is 14.2. The highest BCUT2D eigenvalue weighted by atomic mass is 15.2. The van der Waals surface area contributed by atoms with Crippen LogP contribution in [-0.4, -0.2) is 36.6 Å². The molecule has 2 unspecified atom stereocenters. The summed E-state index contributed by atoms with van der Waals surface area (Å²) >= 11 is 0. The number of hydrogen-bond donors (Lipinski definition) is 1. The van der Waals surface area contributed by atoms with Gasteiger partial charge >= 0.3 is 0 Å². The molecular formula is C18H30N2. The fourth-order valence-corrected chi connectivity index (χ4v) is 3.13. The van der Waals surface area contributed by atoms with E-state index in [-0.39, 0.29) is 0 Å². The second-order valence-electron chi connectivity index (χ2n) is 6.21. The Morgan fingerprint density at radius 3 is 2.70 bits per heavy atom. The molecule has 1 N–H and O–H groups in total. The van der Waals surface area contributed by atoms with Crippen molar-refractivity contribution in [3.63, 3.8) is 0 Å². The molecule has 0 radical (unpaired) electrons.